The molecule has 4 rings (SSSR count). The van der Waals surface area contributed by atoms with E-state index in [0.29, 0.717) is 43.6 Å². The third kappa shape index (κ3) is 5.97. The molecule has 0 spiro atoms. The Morgan fingerprint density at radius 2 is 1.86 bits per heavy atom. The van der Waals surface area contributed by atoms with Crippen molar-refractivity contribution in [1.29, 1.82) is 0 Å². The summed E-state index contributed by atoms with van der Waals surface area (Å²) in [4.78, 5) is 20.5. The third-order valence-corrected chi connectivity index (χ3v) is 5.63. The zero-order chi connectivity index (χ0) is 25.0. The van der Waals surface area contributed by atoms with Gasteiger partial charge >= 0.3 is 12.4 Å². The molecule has 0 aliphatic carbocycles. The van der Waals surface area contributed by atoms with Gasteiger partial charge in [0.15, 0.2) is 11.7 Å². The van der Waals surface area contributed by atoms with Crippen LogP contribution in [-0.2, 0) is 6.54 Å². The van der Waals surface area contributed by atoms with E-state index in [1.165, 1.54) is 18.2 Å². The van der Waals surface area contributed by atoms with Gasteiger partial charge in [0.1, 0.15) is 11.5 Å². The van der Waals surface area contributed by atoms with Gasteiger partial charge in [0.05, 0.1) is 18.9 Å². The highest BCUT2D eigenvalue weighted by molar-refractivity contribution is 5.75. The average Bonchev–Trinajstić information content (AvgIpc) is 3.28. The van der Waals surface area contributed by atoms with Crippen LogP contribution in [0.1, 0.15) is 11.5 Å². The minimum Gasteiger partial charge on any atom is -0.496 e. The van der Waals surface area contributed by atoms with Crippen LogP contribution < -0.4 is 19.7 Å². The van der Waals surface area contributed by atoms with Crippen LogP contribution in [0.2, 0.25) is 0 Å². The molecule has 35 heavy (non-hydrogen) atoms. The maximum Gasteiger partial charge on any atom is 0.573 e. The fourth-order valence-electron chi connectivity index (χ4n) is 3.89. The molecule has 1 N–H and O–H groups in total. The number of para-hydroxylation sites is 1. The molecular formula is C24H25F3N4O4. The minimum atomic E-state index is -4.80. The van der Waals surface area contributed by atoms with Crippen molar-refractivity contribution in [2.24, 2.45) is 0 Å². The number of hydrogen-bond donors (Lipinski definition) is 1. The van der Waals surface area contributed by atoms with Crippen LogP contribution >= 0.6 is 0 Å². The molecule has 1 aromatic heterocycles. The Balaban J connectivity index is 1.34. The molecule has 2 heterocycles. The van der Waals surface area contributed by atoms with Crippen LogP contribution in [0.4, 0.5) is 23.7 Å². The van der Waals surface area contributed by atoms with Gasteiger partial charge in [-0.3, -0.25) is 0 Å². The Hall–Kier alpha value is -3.89. The van der Waals surface area contributed by atoms with Gasteiger partial charge in [-0.25, -0.2) is 9.78 Å². The van der Waals surface area contributed by atoms with Crippen LogP contribution in [-0.4, -0.2) is 55.6 Å². The monoisotopic (exact) mass is 490 g/mol. The molecule has 186 valence electrons. The number of piperazine rings is 1. The number of alkyl halides is 3. The molecule has 3 aromatic rings. The number of amides is 2. The SMILES string of the molecule is COc1cc(N2CCN(C(=O)NCc3ccccc3OC(F)(F)F)CC2)ccc1-c1cnc(C)o1. The summed E-state index contributed by atoms with van der Waals surface area (Å²) >= 11 is 0. The number of carbonyl (C=O) groups excluding carboxylic acids is 1. The maximum atomic E-state index is 12.6. The van der Waals surface area contributed by atoms with Crippen molar-refractivity contribution in [1.82, 2.24) is 15.2 Å². The van der Waals surface area contributed by atoms with Crippen molar-refractivity contribution < 1.29 is 31.9 Å². The number of hydrogen-bond acceptors (Lipinski definition) is 6. The van der Waals surface area contributed by atoms with Crippen molar-refractivity contribution in [3.8, 4) is 22.8 Å². The molecule has 11 heteroatoms. The molecule has 8 nitrogen and oxygen atoms in total. The quantitative estimate of drug-likeness (QED) is 0.545. The number of nitrogens with one attached hydrogen (secondary N) is 1. The molecule has 1 saturated heterocycles. The van der Waals surface area contributed by atoms with E-state index in [1.807, 2.05) is 18.2 Å². The summed E-state index contributed by atoms with van der Waals surface area (Å²) in [7, 11) is 1.59. The van der Waals surface area contributed by atoms with Crippen molar-refractivity contribution in [3.05, 3.63) is 60.1 Å². The molecular weight excluding hydrogens is 465 g/mol. The number of ether oxygens (including phenoxy) is 2. The second-order valence-electron chi connectivity index (χ2n) is 7.92. The van der Waals surface area contributed by atoms with E-state index in [1.54, 1.807) is 31.2 Å². The number of carbonyl (C=O) groups is 1. The van der Waals surface area contributed by atoms with E-state index in [9.17, 15) is 18.0 Å². The first-order valence-electron chi connectivity index (χ1n) is 11.0. The lowest BCUT2D eigenvalue weighted by Crippen LogP contribution is -2.51. The summed E-state index contributed by atoms with van der Waals surface area (Å²) in [5.41, 5.74) is 1.98. The number of urea groups is 1. The number of halogens is 3. The Bertz CT molecular complexity index is 1170. The Morgan fingerprint density at radius 3 is 2.51 bits per heavy atom. The Morgan fingerprint density at radius 1 is 1.11 bits per heavy atom. The fraction of sp³-hybridized carbons (Fsp3) is 0.333. The maximum absolute atomic E-state index is 12.6. The van der Waals surface area contributed by atoms with Crippen molar-refractivity contribution >= 4 is 11.7 Å². The predicted molar refractivity (Wildman–Crippen MR) is 122 cm³/mol. The highest BCUT2D eigenvalue weighted by Crippen LogP contribution is 2.34. The summed E-state index contributed by atoms with van der Waals surface area (Å²) in [6, 6.07) is 11.2. The van der Waals surface area contributed by atoms with Crippen LogP contribution in [0, 0.1) is 6.92 Å². The van der Waals surface area contributed by atoms with E-state index < -0.39 is 6.36 Å². The number of rotatable bonds is 6. The molecule has 0 unspecified atom stereocenters. The van der Waals surface area contributed by atoms with E-state index >= 15 is 0 Å². The second-order valence-corrected chi connectivity index (χ2v) is 7.92. The second kappa shape index (κ2) is 10.2. The standard InChI is InChI=1S/C24H25F3N4O4/c1-16-28-15-22(34-16)19-8-7-18(13-21(19)33-2)30-9-11-31(12-10-30)23(32)29-14-17-5-3-4-6-20(17)35-24(25,26)27/h3-8,13,15H,9-12,14H2,1-2H3,(H,29,32). The zero-order valence-corrected chi connectivity index (χ0v) is 19.3. The average molecular weight is 490 g/mol. The van der Waals surface area contributed by atoms with Crippen molar-refractivity contribution in [3.63, 3.8) is 0 Å². The van der Waals surface area contributed by atoms with E-state index in [-0.39, 0.29) is 23.9 Å². The smallest absolute Gasteiger partial charge is 0.496 e. The van der Waals surface area contributed by atoms with Gasteiger partial charge in [-0.15, -0.1) is 13.2 Å². The number of aromatic nitrogens is 1. The van der Waals surface area contributed by atoms with Crippen LogP contribution in [0.5, 0.6) is 11.5 Å². The molecule has 0 bridgehead atoms. The molecule has 2 amide bonds. The number of methoxy groups -OCH3 is 1. The first-order valence-corrected chi connectivity index (χ1v) is 11.0. The van der Waals surface area contributed by atoms with Gasteiger partial charge in [0.25, 0.3) is 0 Å². The normalized spacial score (nSPS) is 14.1. The first-order chi connectivity index (χ1) is 16.7. The molecule has 2 aromatic carbocycles. The zero-order valence-electron chi connectivity index (χ0n) is 19.3. The van der Waals surface area contributed by atoms with Crippen molar-refractivity contribution in [2.75, 3.05) is 38.2 Å². The van der Waals surface area contributed by atoms with Crippen LogP contribution in [0.3, 0.4) is 0 Å². The first kappa shape index (κ1) is 24.2. The van der Waals surface area contributed by atoms with E-state index in [4.69, 9.17) is 9.15 Å². The molecule has 0 radical (unpaired) electrons. The summed E-state index contributed by atoms with van der Waals surface area (Å²) in [5.74, 6) is 1.51. The lowest BCUT2D eigenvalue weighted by Gasteiger charge is -2.36. The van der Waals surface area contributed by atoms with Gasteiger partial charge < -0.3 is 29.0 Å². The molecule has 0 atom stereocenters. The Labute approximate surface area is 200 Å². The number of nitrogens with zero attached hydrogens (tertiary/aromatic N) is 3. The Kier molecular flexibility index (Phi) is 7.04. The van der Waals surface area contributed by atoms with E-state index in [0.717, 1.165) is 11.3 Å². The predicted octanol–water partition coefficient (Wildman–Crippen LogP) is 4.59. The lowest BCUT2D eigenvalue weighted by molar-refractivity contribution is -0.274. The fourth-order valence-corrected chi connectivity index (χ4v) is 3.89. The van der Waals surface area contributed by atoms with Gasteiger partial charge in [-0.05, 0) is 18.2 Å². The molecule has 1 fully saturated rings. The molecule has 1 aliphatic heterocycles. The van der Waals surface area contributed by atoms with Gasteiger partial charge in [0.2, 0.25) is 0 Å². The van der Waals surface area contributed by atoms with E-state index in [2.05, 4.69) is 19.9 Å². The molecule has 0 saturated carbocycles. The number of oxazole rings is 1. The van der Waals surface area contributed by atoms with Gasteiger partial charge in [-0.2, -0.15) is 0 Å². The van der Waals surface area contributed by atoms with Crippen LogP contribution in [0.15, 0.2) is 53.1 Å². The summed E-state index contributed by atoms with van der Waals surface area (Å²) in [6.45, 7) is 3.78. The van der Waals surface area contributed by atoms with Gasteiger partial charge in [-0.1, -0.05) is 18.2 Å². The number of anilines is 1. The van der Waals surface area contributed by atoms with Crippen LogP contribution in [0.25, 0.3) is 11.3 Å². The molecule has 1 aliphatic rings. The summed E-state index contributed by atoms with van der Waals surface area (Å²) < 4.78 is 53.0. The number of aryl methyl sites for hydroxylation is 1. The summed E-state index contributed by atoms with van der Waals surface area (Å²) in [5, 5.41) is 2.68. The number of benzene rings is 2. The van der Waals surface area contributed by atoms with Crippen molar-refractivity contribution in [2.45, 2.75) is 19.8 Å². The largest absolute Gasteiger partial charge is 0.573 e. The summed E-state index contributed by atoms with van der Waals surface area (Å²) in [6.07, 6.45) is -3.15. The van der Waals surface area contributed by atoms with Gasteiger partial charge in [0, 0.05) is 57.0 Å². The third-order valence-electron chi connectivity index (χ3n) is 5.63. The minimum absolute atomic E-state index is 0.0783. The highest BCUT2D eigenvalue weighted by atomic mass is 19.4. The highest BCUT2D eigenvalue weighted by Gasteiger charge is 2.32. The lowest BCUT2D eigenvalue weighted by atomic mass is 10.1. The topological polar surface area (TPSA) is 80.1 Å².